The van der Waals surface area contributed by atoms with E-state index in [0.717, 1.165) is 0 Å². The van der Waals surface area contributed by atoms with Gasteiger partial charge in [-0.1, -0.05) is 0 Å². The van der Waals surface area contributed by atoms with Crippen LogP contribution in [0, 0.1) is 0 Å². The van der Waals surface area contributed by atoms with Crippen LogP contribution in [0.15, 0.2) is 0 Å². The van der Waals surface area contributed by atoms with Gasteiger partial charge in [0.05, 0.1) is 0 Å². The van der Waals surface area contributed by atoms with Gasteiger partial charge in [0.15, 0.2) is 0 Å². The summed E-state index contributed by atoms with van der Waals surface area (Å²) < 4.78 is 31.6. The standard InChI is InChI=1S/Na.H2O4S.Zr.H/c;1-5(2,3)4;;/h;(H2,1,2,3,4);;/q+1;;;-1. The summed E-state index contributed by atoms with van der Waals surface area (Å²) in [5.41, 5.74) is 0. The van der Waals surface area contributed by atoms with Crippen LogP contribution in [0.1, 0.15) is 1.43 Å². The average Bonchev–Trinajstić information content (AvgIpc) is 0.722. The van der Waals surface area contributed by atoms with Gasteiger partial charge < -0.3 is 1.43 Å². The van der Waals surface area contributed by atoms with Crippen LogP contribution in [0.25, 0.3) is 0 Å². The Labute approximate surface area is 84.2 Å². The van der Waals surface area contributed by atoms with Crippen LogP contribution in [0.3, 0.4) is 0 Å². The van der Waals surface area contributed by atoms with Crippen molar-refractivity contribution in [3.63, 3.8) is 0 Å². The van der Waals surface area contributed by atoms with Crippen molar-refractivity contribution in [3.05, 3.63) is 0 Å². The molecule has 0 amide bonds. The van der Waals surface area contributed by atoms with Gasteiger partial charge in [0.25, 0.3) is 0 Å². The molecular formula is H3NaO4SZr. The first-order valence-electron chi connectivity index (χ1n) is 0.698. The Morgan fingerprint density at radius 3 is 1.29 bits per heavy atom. The van der Waals surface area contributed by atoms with Crippen LogP contribution < -0.4 is 29.6 Å². The maximum Gasteiger partial charge on any atom is 1.00 e. The molecule has 0 unspecified atom stereocenters. The Hall–Kier alpha value is 1.75. The van der Waals surface area contributed by atoms with E-state index >= 15 is 0 Å². The summed E-state index contributed by atoms with van der Waals surface area (Å²) in [7, 11) is -4.67. The fraction of sp³-hybridized carbons (Fsp3) is 0. The number of rotatable bonds is 0. The first kappa shape index (κ1) is 15.9. The Bertz CT molecular complexity index is 99.2. The molecule has 38 valence electrons. The first-order valence-corrected chi connectivity index (χ1v) is 2.10. The minimum Gasteiger partial charge on any atom is -1.00 e. The van der Waals surface area contributed by atoms with Crippen molar-refractivity contribution in [2.75, 3.05) is 0 Å². The zero-order valence-corrected chi connectivity index (χ0v) is 8.89. The third-order valence-electron chi connectivity index (χ3n) is 0. The molecular weight excluding hydrogens is 210 g/mol. The van der Waals surface area contributed by atoms with E-state index < -0.39 is 10.4 Å². The molecule has 0 aliphatic rings. The molecule has 0 heterocycles. The fourth-order valence-corrected chi connectivity index (χ4v) is 0. The molecule has 0 fully saturated rings. The molecule has 0 aliphatic carbocycles. The zero-order chi connectivity index (χ0) is 4.50. The minimum atomic E-state index is -4.67. The second kappa shape index (κ2) is 5.88. The smallest absolute Gasteiger partial charge is 1.00 e. The Morgan fingerprint density at radius 2 is 1.29 bits per heavy atom. The summed E-state index contributed by atoms with van der Waals surface area (Å²) in [6, 6.07) is 0. The second-order valence-electron chi connectivity index (χ2n) is 0.448. The predicted molar refractivity (Wildman–Crippen MR) is 15.3 cm³/mol. The topological polar surface area (TPSA) is 74.6 Å². The summed E-state index contributed by atoms with van der Waals surface area (Å²) in [6.45, 7) is 0. The van der Waals surface area contributed by atoms with Gasteiger partial charge in [-0.3, -0.25) is 9.11 Å². The molecule has 7 heavy (non-hydrogen) atoms. The van der Waals surface area contributed by atoms with Crippen LogP contribution in [0.5, 0.6) is 0 Å². The van der Waals surface area contributed by atoms with Gasteiger partial charge in [-0.2, -0.15) is 8.42 Å². The van der Waals surface area contributed by atoms with E-state index in [2.05, 4.69) is 0 Å². The first-order chi connectivity index (χ1) is 2.00. The predicted octanol–water partition coefficient (Wildman–Crippen LogP) is -3.54. The normalized spacial score (nSPS) is 8.29. The average molecular weight is 213 g/mol. The molecule has 0 radical (unpaired) electrons. The SMILES string of the molecule is O=S(=O)(O)O.[H-].[Na+].[Zr]. The molecule has 4 nitrogen and oxygen atoms in total. The molecule has 0 aromatic heterocycles. The van der Waals surface area contributed by atoms with E-state index in [-0.39, 0.29) is 57.2 Å². The third kappa shape index (κ3) is 83.5. The van der Waals surface area contributed by atoms with E-state index in [4.69, 9.17) is 17.5 Å². The van der Waals surface area contributed by atoms with Gasteiger partial charge in [-0.25, -0.2) is 0 Å². The molecule has 0 aromatic carbocycles. The van der Waals surface area contributed by atoms with Crippen LogP contribution in [0.4, 0.5) is 0 Å². The molecule has 0 saturated carbocycles. The summed E-state index contributed by atoms with van der Waals surface area (Å²) in [5, 5.41) is 0. The monoisotopic (exact) mass is 212 g/mol. The van der Waals surface area contributed by atoms with E-state index in [1.807, 2.05) is 0 Å². The van der Waals surface area contributed by atoms with Crippen LogP contribution in [-0.4, -0.2) is 17.5 Å². The van der Waals surface area contributed by atoms with Gasteiger partial charge in [0.2, 0.25) is 0 Å². The molecule has 0 saturated heterocycles. The Morgan fingerprint density at radius 1 is 1.29 bits per heavy atom. The van der Waals surface area contributed by atoms with E-state index in [0.29, 0.717) is 0 Å². The summed E-state index contributed by atoms with van der Waals surface area (Å²) >= 11 is 0. The molecule has 0 atom stereocenters. The molecule has 0 aromatic rings. The van der Waals surface area contributed by atoms with Gasteiger partial charge in [0.1, 0.15) is 0 Å². The van der Waals surface area contributed by atoms with Crippen LogP contribution in [-0.2, 0) is 36.6 Å². The minimum absolute atomic E-state index is 0. The van der Waals surface area contributed by atoms with E-state index in [1.54, 1.807) is 0 Å². The molecule has 0 spiro atoms. The maximum absolute atomic E-state index is 8.74. The maximum atomic E-state index is 8.74. The Kier molecular flexibility index (Phi) is 13.4. The summed E-state index contributed by atoms with van der Waals surface area (Å²) in [4.78, 5) is 0. The summed E-state index contributed by atoms with van der Waals surface area (Å²) in [5.74, 6) is 0. The number of hydrogen-bond donors (Lipinski definition) is 2. The zero-order valence-electron chi connectivity index (χ0n) is 4.62. The molecule has 0 bridgehead atoms. The van der Waals surface area contributed by atoms with Gasteiger partial charge in [0, 0.05) is 26.2 Å². The molecule has 0 aliphatic heterocycles. The van der Waals surface area contributed by atoms with Crippen molar-refractivity contribution in [3.8, 4) is 0 Å². The van der Waals surface area contributed by atoms with Crippen LogP contribution >= 0.6 is 0 Å². The van der Waals surface area contributed by atoms with Crippen molar-refractivity contribution >= 4 is 10.4 Å². The molecule has 0 rings (SSSR count). The van der Waals surface area contributed by atoms with E-state index in [9.17, 15) is 0 Å². The largest absolute Gasteiger partial charge is 1.00 e. The molecule has 2 N–H and O–H groups in total. The van der Waals surface area contributed by atoms with Crippen molar-refractivity contribution in [2.24, 2.45) is 0 Å². The van der Waals surface area contributed by atoms with E-state index in [1.165, 1.54) is 0 Å². The second-order valence-corrected chi connectivity index (χ2v) is 1.34. The fourth-order valence-electron chi connectivity index (χ4n) is 0. The van der Waals surface area contributed by atoms with Gasteiger partial charge >= 0.3 is 40.0 Å². The summed E-state index contributed by atoms with van der Waals surface area (Å²) in [6.07, 6.45) is 0. The molecule has 7 heteroatoms. The van der Waals surface area contributed by atoms with Crippen LogP contribution in [0.2, 0.25) is 0 Å². The van der Waals surface area contributed by atoms with Gasteiger partial charge in [-0.15, -0.1) is 0 Å². The third-order valence-corrected chi connectivity index (χ3v) is 0. The van der Waals surface area contributed by atoms with Gasteiger partial charge in [-0.05, 0) is 0 Å². The van der Waals surface area contributed by atoms with Crippen molar-refractivity contribution in [1.82, 2.24) is 0 Å². The van der Waals surface area contributed by atoms with Crippen molar-refractivity contribution in [1.29, 1.82) is 0 Å². The quantitative estimate of drug-likeness (QED) is 0.323. The Balaban J connectivity index is -0.0000000267. The van der Waals surface area contributed by atoms with Crippen molar-refractivity contribution in [2.45, 2.75) is 0 Å². The van der Waals surface area contributed by atoms with Crippen molar-refractivity contribution < 1.29 is 74.7 Å². The number of hydrogen-bond acceptors (Lipinski definition) is 2.